The Morgan fingerprint density at radius 2 is 1.54 bits per heavy atom. The van der Waals surface area contributed by atoms with Crippen LogP contribution >= 0.6 is 0 Å². The van der Waals surface area contributed by atoms with Crippen LogP contribution in [0.25, 0.3) is 0 Å². The van der Waals surface area contributed by atoms with Crippen LogP contribution in [0, 0.1) is 0 Å². The second-order valence-corrected chi connectivity index (χ2v) is 7.73. The summed E-state index contributed by atoms with van der Waals surface area (Å²) in [5.74, 6) is 0. The Morgan fingerprint density at radius 1 is 1.00 bits per heavy atom. The topological polar surface area (TPSA) is 63.3 Å². The lowest BCUT2D eigenvalue weighted by Crippen LogP contribution is -2.10. The molecule has 2 unspecified atom stereocenters. The molecule has 0 radical (unpaired) electrons. The van der Waals surface area contributed by atoms with Gasteiger partial charge in [0, 0.05) is 0 Å². The number of unbranched alkanes of at least 4 members (excludes halogenated alkanes) is 7. The van der Waals surface area contributed by atoms with Crippen molar-refractivity contribution in [2.45, 2.75) is 83.3 Å². The summed E-state index contributed by atoms with van der Waals surface area (Å²) in [5, 5.41) is -0.139. The van der Waals surface area contributed by atoms with Gasteiger partial charge in [-0.05, 0) is 38.3 Å². The molecular formula is C20H37NO2S. The molecule has 0 bridgehead atoms. The molecule has 0 aliphatic rings. The fourth-order valence-electron chi connectivity index (χ4n) is 2.39. The molecule has 0 aromatic heterocycles. The average molecular weight is 356 g/mol. The molecule has 2 atom stereocenters. The maximum absolute atomic E-state index is 10.6. The Labute approximate surface area is 151 Å². The van der Waals surface area contributed by atoms with Gasteiger partial charge >= 0.3 is 0 Å². The van der Waals surface area contributed by atoms with E-state index in [4.69, 9.17) is 10.3 Å². The second kappa shape index (κ2) is 17.1. The van der Waals surface area contributed by atoms with Crippen LogP contribution in [0.1, 0.15) is 77.2 Å². The zero-order valence-electron chi connectivity index (χ0n) is 15.6. The summed E-state index contributed by atoms with van der Waals surface area (Å²) in [7, 11) is 0. The zero-order chi connectivity index (χ0) is 18.0. The molecule has 0 fully saturated rings. The lowest BCUT2D eigenvalue weighted by molar-refractivity contribution is 0.545. The van der Waals surface area contributed by atoms with Crippen molar-refractivity contribution in [2.75, 3.05) is 6.54 Å². The minimum absolute atomic E-state index is 0.139. The normalized spacial score (nSPS) is 13.0. The van der Waals surface area contributed by atoms with E-state index in [0.29, 0.717) is 0 Å². The quantitative estimate of drug-likeness (QED) is 0.394. The molecule has 0 saturated heterocycles. The summed E-state index contributed by atoms with van der Waals surface area (Å²) in [4.78, 5) is 0. The molecule has 1 rings (SSSR count). The SMILES string of the molecule is CC(CCc1ccccc1)S(=O)O.CCCCCCCCCCN. The van der Waals surface area contributed by atoms with Gasteiger partial charge in [-0.3, -0.25) is 0 Å². The molecule has 1 aromatic rings. The van der Waals surface area contributed by atoms with Crippen molar-refractivity contribution in [3.8, 4) is 0 Å². The van der Waals surface area contributed by atoms with Crippen molar-refractivity contribution in [2.24, 2.45) is 5.73 Å². The predicted octanol–water partition coefficient (Wildman–Crippen LogP) is 5.32. The highest BCUT2D eigenvalue weighted by atomic mass is 32.2. The summed E-state index contributed by atoms with van der Waals surface area (Å²) in [6, 6.07) is 10.0. The molecule has 0 amide bonds. The molecule has 3 nitrogen and oxygen atoms in total. The Hall–Kier alpha value is -0.710. The van der Waals surface area contributed by atoms with Crippen LogP contribution in [0.5, 0.6) is 0 Å². The molecular weight excluding hydrogens is 318 g/mol. The minimum atomic E-state index is -1.68. The van der Waals surface area contributed by atoms with Gasteiger partial charge in [0.2, 0.25) is 0 Å². The average Bonchev–Trinajstić information content (AvgIpc) is 2.60. The first-order chi connectivity index (χ1) is 11.6. The van der Waals surface area contributed by atoms with Crippen molar-refractivity contribution in [1.29, 1.82) is 0 Å². The van der Waals surface area contributed by atoms with E-state index >= 15 is 0 Å². The molecule has 0 saturated carbocycles. The molecule has 1 aromatic carbocycles. The van der Waals surface area contributed by atoms with Crippen molar-refractivity contribution < 1.29 is 8.76 Å². The molecule has 0 spiro atoms. The van der Waals surface area contributed by atoms with Gasteiger partial charge in [0.15, 0.2) is 11.1 Å². The zero-order valence-corrected chi connectivity index (χ0v) is 16.4. The highest BCUT2D eigenvalue weighted by molar-refractivity contribution is 7.79. The van der Waals surface area contributed by atoms with E-state index < -0.39 is 11.1 Å². The number of hydrogen-bond donors (Lipinski definition) is 2. The van der Waals surface area contributed by atoms with Gasteiger partial charge in [-0.2, -0.15) is 0 Å². The van der Waals surface area contributed by atoms with Crippen LogP contribution < -0.4 is 5.73 Å². The monoisotopic (exact) mass is 355 g/mol. The maximum atomic E-state index is 10.6. The number of nitrogens with two attached hydrogens (primary N) is 1. The highest BCUT2D eigenvalue weighted by Gasteiger charge is 2.07. The van der Waals surface area contributed by atoms with Crippen LogP contribution in [0.4, 0.5) is 0 Å². The summed E-state index contributed by atoms with van der Waals surface area (Å²) in [6.45, 7) is 4.92. The maximum Gasteiger partial charge on any atom is 0.155 e. The third-order valence-electron chi connectivity index (χ3n) is 4.08. The fourth-order valence-corrected chi connectivity index (χ4v) is 2.71. The van der Waals surface area contributed by atoms with Crippen LogP contribution in [0.15, 0.2) is 30.3 Å². The fraction of sp³-hybridized carbons (Fsp3) is 0.700. The van der Waals surface area contributed by atoms with Gasteiger partial charge in [-0.25, -0.2) is 4.21 Å². The first-order valence-corrected chi connectivity index (χ1v) is 10.6. The largest absolute Gasteiger partial charge is 0.330 e. The Morgan fingerprint density at radius 3 is 2.04 bits per heavy atom. The van der Waals surface area contributed by atoms with Crippen LogP contribution in [-0.4, -0.2) is 20.6 Å². The molecule has 0 heterocycles. The van der Waals surface area contributed by atoms with Gasteiger partial charge in [0.25, 0.3) is 0 Å². The van der Waals surface area contributed by atoms with E-state index in [1.165, 1.54) is 56.9 Å². The smallest absolute Gasteiger partial charge is 0.155 e. The van der Waals surface area contributed by atoms with Gasteiger partial charge in [0.05, 0.1) is 5.25 Å². The van der Waals surface area contributed by atoms with Crippen molar-refractivity contribution in [3.63, 3.8) is 0 Å². The Bertz CT molecular complexity index is 390. The number of rotatable bonds is 12. The molecule has 0 aliphatic carbocycles. The Kier molecular flexibility index (Phi) is 16.6. The van der Waals surface area contributed by atoms with Crippen molar-refractivity contribution >= 4 is 11.1 Å². The van der Waals surface area contributed by atoms with Crippen LogP contribution in [0.3, 0.4) is 0 Å². The van der Waals surface area contributed by atoms with E-state index in [1.807, 2.05) is 30.3 Å². The molecule has 24 heavy (non-hydrogen) atoms. The molecule has 0 aliphatic heterocycles. The Balaban J connectivity index is 0.000000449. The number of hydrogen-bond acceptors (Lipinski definition) is 2. The summed E-state index contributed by atoms with van der Waals surface area (Å²) in [6.07, 6.45) is 12.6. The van der Waals surface area contributed by atoms with Gasteiger partial charge < -0.3 is 10.3 Å². The highest BCUT2D eigenvalue weighted by Crippen LogP contribution is 2.08. The summed E-state index contributed by atoms with van der Waals surface area (Å²) < 4.78 is 19.4. The lowest BCUT2D eigenvalue weighted by Gasteiger charge is -2.05. The van der Waals surface area contributed by atoms with Gasteiger partial charge in [0.1, 0.15) is 0 Å². The van der Waals surface area contributed by atoms with E-state index in [-0.39, 0.29) is 5.25 Å². The van der Waals surface area contributed by atoms with Gasteiger partial charge in [-0.15, -0.1) is 0 Å². The first kappa shape index (κ1) is 23.3. The third kappa shape index (κ3) is 14.9. The lowest BCUT2D eigenvalue weighted by atomic mass is 10.1. The van der Waals surface area contributed by atoms with E-state index in [1.54, 1.807) is 6.92 Å². The number of benzene rings is 1. The summed E-state index contributed by atoms with van der Waals surface area (Å²) >= 11 is -1.68. The minimum Gasteiger partial charge on any atom is -0.330 e. The van der Waals surface area contributed by atoms with E-state index in [2.05, 4.69) is 6.92 Å². The molecule has 3 N–H and O–H groups in total. The van der Waals surface area contributed by atoms with E-state index in [0.717, 1.165) is 19.4 Å². The van der Waals surface area contributed by atoms with Crippen molar-refractivity contribution in [1.82, 2.24) is 0 Å². The predicted molar refractivity (Wildman–Crippen MR) is 107 cm³/mol. The number of aryl methyl sites for hydroxylation is 1. The molecule has 140 valence electrons. The van der Waals surface area contributed by atoms with E-state index in [9.17, 15) is 4.21 Å². The van der Waals surface area contributed by atoms with Gasteiger partial charge in [-0.1, -0.05) is 82.2 Å². The van der Waals surface area contributed by atoms with Crippen LogP contribution in [-0.2, 0) is 17.5 Å². The van der Waals surface area contributed by atoms with Crippen molar-refractivity contribution in [3.05, 3.63) is 35.9 Å². The first-order valence-electron chi connectivity index (χ1n) is 9.45. The second-order valence-electron chi connectivity index (χ2n) is 6.37. The summed E-state index contributed by atoms with van der Waals surface area (Å²) in [5.41, 5.74) is 6.61. The molecule has 4 heteroatoms. The third-order valence-corrected chi connectivity index (χ3v) is 5.01. The standard InChI is InChI=1S/C10H23N.C10H14O2S/c1-2-3-4-5-6-7-8-9-10-11;1-9(13(11)12)7-8-10-5-3-2-4-6-10/h2-11H2,1H3;2-6,9H,7-8H2,1H3,(H,11,12). The van der Waals surface area contributed by atoms with Crippen LogP contribution in [0.2, 0.25) is 0 Å².